The molecule has 2 nitrogen and oxygen atoms in total. The minimum Gasteiger partial charge on any atom is -0.423 e. The van der Waals surface area contributed by atoms with Crippen LogP contribution in [0.15, 0.2) is 18.2 Å². The minimum atomic E-state index is -0.540. The molecule has 70 valence electrons. The maximum Gasteiger partial charge on any atom is 0.308 e. The summed E-state index contributed by atoms with van der Waals surface area (Å²) in [6.45, 7) is 1.23. The number of halogens is 1. The average molecular weight is 200 g/mol. The Morgan fingerprint density at radius 2 is 2.31 bits per heavy atom. The van der Waals surface area contributed by atoms with E-state index in [9.17, 15) is 9.18 Å². The Labute approximate surface area is 81.1 Å². The predicted octanol–water partition coefficient (Wildman–Crippen LogP) is 2.18. The standard InChI is InChI=1S/C9H9FO2S/c1-6(11)12-9-7(5-13)3-2-4-8(9)10/h2-4,13H,5H2,1H3. The second-order valence-electron chi connectivity index (χ2n) is 2.48. The number of hydrogen-bond acceptors (Lipinski definition) is 3. The van der Waals surface area contributed by atoms with Crippen molar-refractivity contribution in [3.8, 4) is 5.75 Å². The van der Waals surface area contributed by atoms with E-state index < -0.39 is 11.8 Å². The van der Waals surface area contributed by atoms with Gasteiger partial charge in [-0.1, -0.05) is 12.1 Å². The van der Waals surface area contributed by atoms with E-state index >= 15 is 0 Å². The summed E-state index contributed by atoms with van der Waals surface area (Å²) in [6, 6.07) is 4.45. The van der Waals surface area contributed by atoms with Crippen LogP contribution in [0.5, 0.6) is 5.75 Å². The number of hydrogen-bond donors (Lipinski definition) is 1. The van der Waals surface area contributed by atoms with Crippen LogP contribution in [0.2, 0.25) is 0 Å². The zero-order valence-electron chi connectivity index (χ0n) is 7.08. The third-order valence-corrected chi connectivity index (χ3v) is 1.81. The Bertz CT molecular complexity index is 325. The first kappa shape index (κ1) is 10.1. The number of para-hydroxylation sites is 1. The van der Waals surface area contributed by atoms with E-state index in [4.69, 9.17) is 4.74 Å². The first-order valence-electron chi connectivity index (χ1n) is 3.72. The van der Waals surface area contributed by atoms with Gasteiger partial charge in [0.15, 0.2) is 11.6 Å². The summed E-state index contributed by atoms with van der Waals surface area (Å²) >= 11 is 3.99. The molecule has 0 atom stereocenters. The van der Waals surface area contributed by atoms with Crippen molar-refractivity contribution in [2.75, 3.05) is 0 Å². The lowest BCUT2D eigenvalue weighted by Gasteiger charge is -2.06. The number of ether oxygens (including phenoxy) is 1. The number of rotatable bonds is 2. The van der Waals surface area contributed by atoms with Crippen molar-refractivity contribution in [1.82, 2.24) is 0 Å². The molecule has 0 aromatic heterocycles. The molecule has 0 fully saturated rings. The molecule has 0 radical (unpaired) electrons. The van der Waals surface area contributed by atoms with Crippen molar-refractivity contribution in [3.63, 3.8) is 0 Å². The van der Waals surface area contributed by atoms with Crippen LogP contribution in [0.1, 0.15) is 12.5 Å². The lowest BCUT2D eigenvalue weighted by atomic mass is 10.2. The molecule has 0 bridgehead atoms. The molecule has 4 heteroatoms. The number of esters is 1. The van der Waals surface area contributed by atoms with Crippen LogP contribution in [-0.2, 0) is 10.5 Å². The van der Waals surface area contributed by atoms with Crippen LogP contribution in [0.3, 0.4) is 0 Å². The quantitative estimate of drug-likeness (QED) is 0.450. The van der Waals surface area contributed by atoms with Gasteiger partial charge in [0.1, 0.15) is 0 Å². The van der Waals surface area contributed by atoms with E-state index in [2.05, 4.69) is 12.6 Å². The minimum absolute atomic E-state index is 0.0231. The molecule has 0 aliphatic heterocycles. The second kappa shape index (κ2) is 4.28. The van der Waals surface area contributed by atoms with E-state index in [1.165, 1.54) is 13.0 Å². The lowest BCUT2D eigenvalue weighted by molar-refractivity contribution is -0.132. The van der Waals surface area contributed by atoms with Crippen molar-refractivity contribution >= 4 is 18.6 Å². The molecule has 0 aliphatic rings. The maximum atomic E-state index is 13.1. The molecule has 13 heavy (non-hydrogen) atoms. The van der Waals surface area contributed by atoms with Gasteiger partial charge in [0, 0.05) is 18.2 Å². The fraction of sp³-hybridized carbons (Fsp3) is 0.222. The molecule has 0 saturated heterocycles. The van der Waals surface area contributed by atoms with Crippen LogP contribution in [0.25, 0.3) is 0 Å². The summed E-state index contributed by atoms with van der Waals surface area (Å²) in [5.41, 5.74) is 0.568. The number of thiol groups is 1. The van der Waals surface area contributed by atoms with Gasteiger partial charge in [0.05, 0.1) is 0 Å². The third kappa shape index (κ3) is 2.45. The van der Waals surface area contributed by atoms with Crippen LogP contribution >= 0.6 is 12.6 Å². The zero-order valence-corrected chi connectivity index (χ0v) is 7.98. The molecule has 0 aliphatic carbocycles. The second-order valence-corrected chi connectivity index (χ2v) is 2.80. The van der Waals surface area contributed by atoms with Crippen molar-refractivity contribution in [2.45, 2.75) is 12.7 Å². The highest BCUT2D eigenvalue weighted by atomic mass is 32.1. The van der Waals surface area contributed by atoms with E-state index in [0.717, 1.165) is 0 Å². The van der Waals surface area contributed by atoms with Crippen LogP contribution in [0, 0.1) is 5.82 Å². The van der Waals surface area contributed by atoms with Crippen molar-refractivity contribution in [2.24, 2.45) is 0 Å². The molecular formula is C9H9FO2S. The van der Waals surface area contributed by atoms with Crippen LogP contribution in [-0.4, -0.2) is 5.97 Å². The van der Waals surface area contributed by atoms with Crippen molar-refractivity contribution in [1.29, 1.82) is 0 Å². The molecule has 0 heterocycles. The maximum absolute atomic E-state index is 13.1. The Hall–Kier alpha value is -1.03. The number of benzene rings is 1. The first-order valence-corrected chi connectivity index (χ1v) is 4.35. The van der Waals surface area contributed by atoms with Gasteiger partial charge in [-0.15, -0.1) is 0 Å². The molecule has 0 N–H and O–H groups in total. The van der Waals surface area contributed by atoms with E-state index in [-0.39, 0.29) is 5.75 Å². The highest BCUT2D eigenvalue weighted by molar-refractivity contribution is 7.79. The molecule has 0 saturated carbocycles. The van der Waals surface area contributed by atoms with Crippen LogP contribution < -0.4 is 4.74 Å². The summed E-state index contributed by atoms with van der Waals surface area (Å²) in [4.78, 5) is 10.6. The van der Waals surface area contributed by atoms with Crippen molar-refractivity contribution < 1.29 is 13.9 Å². The zero-order chi connectivity index (χ0) is 9.84. The van der Waals surface area contributed by atoms with Gasteiger partial charge in [0.2, 0.25) is 0 Å². The molecule has 1 aromatic carbocycles. The van der Waals surface area contributed by atoms with Gasteiger partial charge in [-0.2, -0.15) is 12.6 Å². The van der Waals surface area contributed by atoms with Crippen molar-refractivity contribution in [3.05, 3.63) is 29.6 Å². The SMILES string of the molecule is CC(=O)Oc1c(F)cccc1CS. The average Bonchev–Trinajstić information content (AvgIpc) is 2.08. The predicted molar refractivity (Wildman–Crippen MR) is 50.4 cm³/mol. The molecule has 0 unspecified atom stereocenters. The van der Waals surface area contributed by atoms with Gasteiger partial charge < -0.3 is 4.74 Å². The van der Waals surface area contributed by atoms with Gasteiger partial charge in [0.25, 0.3) is 0 Å². The molecule has 0 spiro atoms. The Balaban J connectivity index is 3.07. The summed E-state index contributed by atoms with van der Waals surface area (Å²) < 4.78 is 17.8. The van der Waals surface area contributed by atoms with Gasteiger partial charge in [-0.3, -0.25) is 4.79 Å². The molecule has 0 amide bonds. The highest BCUT2D eigenvalue weighted by Gasteiger charge is 2.10. The van der Waals surface area contributed by atoms with Crippen LogP contribution in [0.4, 0.5) is 4.39 Å². The summed E-state index contributed by atoms with van der Waals surface area (Å²) in [5, 5.41) is 0. The van der Waals surface area contributed by atoms with E-state index in [1.807, 2.05) is 0 Å². The molecule has 1 rings (SSSR count). The fourth-order valence-electron chi connectivity index (χ4n) is 0.936. The Morgan fingerprint density at radius 1 is 1.62 bits per heavy atom. The third-order valence-electron chi connectivity index (χ3n) is 1.46. The normalized spacial score (nSPS) is 9.77. The van der Waals surface area contributed by atoms with E-state index in [1.54, 1.807) is 12.1 Å². The first-order chi connectivity index (χ1) is 6.15. The Kier molecular flexibility index (Phi) is 3.31. The summed E-state index contributed by atoms with van der Waals surface area (Å²) in [6.07, 6.45) is 0. The molecule has 1 aromatic rings. The topological polar surface area (TPSA) is 26.3 Å². The fourth-order valence-corrected chi connectivity index (χ4v) is 1.19. The lowest BCUT2D eigenvalue weighted by Crippen LogP contribution is -2.05. The number of carbonyl (C=O) groups is 1. The summed E-state index contributed by atoms with van der Waals surface area (Å²) in [7, 11) is 0. The molecular weight excluding hydrogens is 191 g/mol. The van der Waals surface area contributed by atoms with E-state index in [0.29, 0.717) is 11.3 Å². The monoisotopic (exact) mass is 200 g/mol. The Morgan fingerprint density at radius 3 is 2.85 bits per heavy atom. The highest BCUT2D eigenvalue weighted by Crippen LogP contribution is 2.23. The largest absolute Gasteiger partial charge is 0.423 e. The van der Waals surface area contributed by atoms with Gasteiger partial charge >= 0.3 is 5.97 Å². The number of carbonyl (C=O) groups excluding carboxylic acids is 1. The van der Waals surface area contributed by atoms with Gasteiger partial charge in [-0.25, -0.2) is 4.39 Å². The van der Waals surface area contributed by atoms with Gasteiger partial charge in [-0.05, 0) is 6.07 Å². The summed E-state index contributed by atoms with van der Waals surface area (Å²) in [5.74, 6) is -0.764. The smallest absolute Gasteiger partial charge is 0.308 e.